The number of nitriles is 2. The molecule has 1 aromatic heterocycles. The van der Waals surface area contributed by atoms with Crippen molar-refractivity contribution in [2.45, 2.75) is 10.8 Å². The van der Waals surface area contributed by atoms with Crippen molar-refractivity contribution in [2.75, 3.05) is 5.73 Å². The molecule has 0 saturated carbocycles. The van der Waals surface area contributed by atoms with Gasteiger partial charge in [0, 0.05) is 5.75 Å². The number of aromatic nitrogens is 1. The molecule has 0 amide bonds. The van der Waals surface area contributed by atoms with E-state index >= 15 is 0 Å². The lowest BCUT2D eigenvalue weighted by Crippen LogP contribution is -2.17. The molecule has 0 aliphatic carbocycles. The topological polar surface area (TPSA) is 87.7 Å². The zero-order valence-corrected chi connectivity index (χ0v) is 11.2. The van der Waals surface area contributed by atoms with Crippen molar-refractivity contribution in [3.8, 4) is 12.1 Å². The maximum atomic E-state index is 13.5. The standard InChI is InChI=1S/C14H9FN4S/c15-12-4-2-1-3-9(12)8-20-14-11(7-17)5-10(6-16)13(18)19-14/h1-5H,8H2,(H2,18,19)/p+1. The van der Waals surface area contributed by atoms with Crippen molar-refractivity contribution in [3.63, 3.8) is 0 Å². The molecule has 3 N–H and O–H groups in total. The second-order valence-electron chi connectivity index (χ2n) is 3.94. The van der Waals surface area contributed by atoms with Gasteiger partial charge >= 0.3 is 0 Å². The van der Waals surface area contributed by atoms with E-state index in [-0.39, 0.29) is 17.2 Å². The maximum Gasteiger partial charge on any atom is 0.289 e. The number of H-pyrrole nitrogens is 1. The molecule has 0 saturated heterocycles. The minimum absolute atomic E-state index is 0.197. The van der Waals surface area contributed by atoms with Gasteiger partial charge < -0.3 is 0 Å². The van der Waals surface area contributed by atoms with Crippen LogP contribution in [0.1, 0.15) is 16.7 Å². The van der Waals surface area contributed by atoms with Crippen LogP contribution in [0, 0.1) is 28.5 Å². The summed E-state index contributed by atoms with van der Waals surface area (Å²) in [6.45, 7) is 0. The highest BCUT2D eigenvalue weighted by Gasteiger charge is 2.15. The van der Waals surface area contributed by atoms with Gasteiger partial charge in [-0.2, -0.15) is 10.5 Å². The number of hydrogen-bond donors (Lipinski definition) is 1. The second kappa shape index (κ2) is 6.05. The molecule has 0 radical (unpaired) electrons. The summed E-state index contributed by atoms with van der Waals surface area (Å²) in [5.41, 5.74) is 6.76. The van der Waals surface area contributed by atoms with Crippen LogP contribution in [0.25, 0.3) is 0 Å². The molecule has 0 spiro atoms. The summed E-state index contributed by atoms with van der Waals surface area (Å²) in [5, 5.41) is 18.5. The van der Waals surface area contributed by atoms with Gasteiger partial charge in [-0.3, -0.25) is 5.73 Å². The first-order chi connectivity index (χ1) is 9.65. The van der Waals surface area contributed by atoms with Gasteiger partial charge in [0.25, 0.3) is 5.82 Å². The summed E-state index contributed by atoms with van der Waals surface area (Å²) in [6, 6.07) is 11.8. The Balaban J connectivity index is 2.27. The number of anilines is 1. The Kier molecular flexibility index (Phi) is 4.19. The Bertz CT molecular complexity index is 731. The Morgan fingerprint density at radius 3 is 2.55 bits per heavy atom. The van der Waals surface area contributed by atoms with Crippen LogP contribution in [0.2, 0.25) is 0 Å². The van der Waals surface area contributed by atoms with Crippen molar-refractivity contribution in [1.82, 2.24) is 0 Å². The van der Waals surface area contributed by atoms with Crippen LogP contribution in [-0.2, 0) is 5.75 Å². The smallest absolute Gasteiger partial charge is 0.286 e. The van der Waals surface area contributed by atoms with E-state index in [0.717, 1.165) is 0 Å². The van der Waals surface area contributed by atoms with E-state index < -0.39 is 0 Å². The quantitative estimate of drug-likeness (QED) is 0.876. The molecule has 2 rings (SSSR count). The van der Waals surface area contributed by atoms with Crippen LogP contribution >= 0.6 is 11.8 Å². The molecule has 0 atom stereocenters. The molecular formula is C14H10FN4S+. The number of nitrogens with two attached hydrogens (primary N) is 1. The number of pyridine rings is 1. The second-order valence-corrected chi connectivity index (χ2v) is 4.93. The monoisotopic (exact) mass is 285 g/mol. The molecule has 0 fully saturated rings. The highest BCUT2D eigenvalue weighted by molar-refractivity contribution is 7.98. The first-order valence-corrected chi connectivity index (χ1v) is 6.66. The summed E-state index contributed by atoms with van der Waals surface area (Å²) < 4.78 is 13.5. The molecule has 1 aromatic carbocycles. The molecule has 0 bridgehead atoms. The van der Waals surface area contributed by atoms with E-state index in [1.54, 1.807) is 18.2 Å². The average Bonchev–Trinajstić information content (AvgIpc) is 2.46. The van der Waals surface area contributed by atoms with Gasteiger partial charge in [0.1, 0.15) is 29.1 Å². The van der Waals surface area contributed by atoms with E-state index in [9.17, 15) is 4.39 Å². The SMILES string of the molecule is N#Cc1cc(C#N)c(SCc2ccccc2F)[nH+]c1N. The van der Waals surface area contributed by atoms with Crippen molar-refractivity contribution in [3.05, 3.63) is 52.8 Å². The zero-order valence-electron chi connectivity index (χ0n) is 10.4. The largest absolute Gasteiger partial charge is 0.289 e. The van der Waals surface area contributed by atoms with Gasteiger partial charge in [-0.05, 0) is 17.7 Å². The molecule has 0 unspecified atom stereocenters. The summed E-state index contributed by atoms with van der Waals surface area (Å²) in [7, 11) is 0. The number of nitrogens with one attached hydrogen (secondary N) is 1. The lowest BCUT2D eigenvalue weighted by molar-refractivity contribution is -0.410. The van der Waals surface area contributed by atoms with Gasteiger partial charge in [0.05, 0.1) is 0 Å². The molecule has 1 heterocycles. The summed E-state index contributed by atoms with van der Waals surface area (Å²) >= 11 is 1.26. The van der Waals surface area contributed by atoms with Crippen LogP contribution in [0.5, 0.6) is 0 Å². The third kappa shape index (κ3) is 2.87. The number of thioether (sulfide) groups is 1. The third-order valence-electron chi connectivity index (χ3n) is 2.64. The van der Waals surface area contributed by atoms with E-state index in [1.807, 2.05) is 12.1 Å². The van der Waals surface area contributed by atoms with Crippen molar-refractivity contribution < 1.29 is 9.37 Å². The molecule has 2 aromatic rings. The van der Waals surface area contributed by atoms with Crippen molar-refractivity contribution in [1.29, 1.82) is 10.5 Å². The number of aromatic amines is 1. The molecule has 20 heavy (non-hydrogen) atoms. The Hall–Kier alpha value is -2.57. The molecule has 0 aliphatic heterocycles. The van der Waals surface area contributed by atoms with Crippen LogP contribution in [0.3, 0.4) is 0 Å². The first-order valence-electron chi connectivity index (χ1n) is 5.68. The normalized spacial score (nSPS) is 9.75. The Morgan fingerprint density at radius 2 is 1.90 bits per heavy atom. The van der Waals surface area contributed by atoms with Crippen molar-refractivity contribution >= 4 is 17.6 Å². The van der Waals surface area contributed by atoms with Crippen molar-refractivity contribution in [2.24, 2.45) is 0 Å². The predicted octanol–water partition coefficient (Wildman–Crippen LogP) is 2.26. The molecule has 4 nitrogen and oxygen atoms in total. The molecule has 6 heteroatoms. The number of halogens is 1. The van der Waals surface area contributed by atoms with Gasteiger partial charge in [0.2, 0.25) is 0 Å². The van der Waals surface area contributed by atoms with E-state index in [4.69, 9.17) is 16.3 Å². The summed E-state index contributed by atoms with van der Waals surface area (Å²) in [4.78, 5) is 2.81. The fourth-order valence-corrected chi connectivity index (χ4v) is 2.58. The first kappa shape index (κ1) is 13.9. The molecule has 98 valence electrons. The van der Waals surface area contributed by atoms with E-state index in [1.165, 1.54) is 23.9 Å². The number of benzene rings is 1. The van der Waals surface area contributed by atoms with E-state index in [2.05, 4.69) is 4.98 Å². The van der Waals surface area contributed by atoms with Gasteiger partial charge in [-0.25, -0.2) is 9.37 Å². The molecular weight excluding hydrogens is 275 g/mol. The zero-order chi connectivity index (χ0) is 14.5. The van der Waals surface area contributed by atoms with Crippen LogP contribution in [0.15, 0.2) is 35.4 Å². The summed E-state index contributed by atoms with van der Waals surface area (Å²) in [6.07, 6.45) is 0. The number of nitrogen functional groups attached to an aromatic ring is 1. The van der Waals surface area contributed by atoms with E-state index in [0.29, 0.717) is 21.9 Å². The minimum Gasteiger partial charge on any atom is -0.286 e. The number of hydrogen-bond acceptors (Lipinski definition) is 4. The maximum absolute atomic E-state index is 13.5. The highest BCUT2D eigenvalue weighted by Crippen LogP contribution is 2.24. The lowest BCUT2D eigenvalue weighted by atomic mass is 10.2. The average molecular weight is 285 g/mol. The minimum atomic E-state index is -0.292. The van der Waals surface area contributed by atoms with Gasteiger partial charge in [-0.1, -0.05) is 30.0 Å². The van der Waals surface area contributed by atoms with Gasteiger partial charge in [-0.15, -0.1) is 0 Å². The number of rotatable bonds is 3. The van der Waals surface area contributed by atoms with Gasteiger partial charge in [0.15, 0.2) is 5.03 Å². The predicted molar refractivity (Wildman–Crippen MR) is 72.8 cm³/mol. The lowest BCUT2D eigenvalue weighted by Gasteiger charge is -2.03. The van der Waals surface area contributed by atoms with Crippen LogP contribution in [0.4, 0.5) is 10.2 Å². The highest BCUT2D eigenvalue weighted by atomic mass is 32.2. The van der Waals surface area contributed by atoms with Crippen LogP contribution in [-0.4, -0.2) is 0 Å². The Morgan fingerprint density at radius 1 is 1.20 bits per heavy atom. The summed E-state index contributed by atoms with van der Waals surface area (Å²) in [5.74, 6) is 0.270. The van der Waals surface area contributed by atoms with Crippen LogP contribution < -0.4 is 10.7 Å². The fourth-order valence-electron chi connectivity index (χ4n) is 1.60. The fraction of sp³-hybridized carbons (Fsp3) is 0.0714. The third-order valence-corrected chi connectivity index (χ3v) is 3.71. The molecule has 0 aliphatic rings. The Labute approximate surface area is 119 Å². The number of nitrogens with zero attached hydrogens (tertiary/aromatic N) is 2.